The van der Waals surface area contributed by atoms with Crippen molar-refractivity contribution in [3.63, 3.8) is 0 Å². The number of aliphatic hydroxyl groups is 1. The SMILES string of the molecule is CCCC(CCO)CN=C(NCC)NCCNC(=O)c1ccc(Cl)cc1. The second-order valence-electron chi connectivity index (χ2n) is 6.08. The van der Waals surface area contributed by atoms with Gasteiger partial charge in [-0.2, -0.15) is 0 Å². The topological polar surface area (TPSA) is 85.8 Å². The predicted molar refractivity (Wildman–Crippen MR) is 108 cm³/mol. The van der Waals surface area contributed by atoms with Gasteiger partial charge in [0.2, 0.25) is 0 Å². The molecule has 0 spiro atoms. The molecule has 1 atom stereocenters. The van der Waals surface area contributed by atoms with Crippen LogP contribution in [0, 0.1) is 5.92 Å². The maximum atomic E-state index is 12.0. The van der Waals surface area contributed by atoms with Crippen LogP contribution in [0.3, 0.4) is 0 Å². The molecule has 0 fully saturated rings. The average Bonchev–Trinajstić information content (AvgIpc) is 2.63. The molecule has 1 unspecified atom stereocenters. The number of rotatable bonds is 11. The summed E-state index contributed by atoms with van der Waals surface area (Å²) in [6, 6.07) is 6.80. The van der Waals surface area contributed by atoms with E-state index >= 15 is 0 Å². The molecule has 1 rings (SSSR count). The second-order valence-corrected chi connectivity index (χ2v) is 6.51. The van der Waals surface area contributed by atoms with Crippen molar-refractivity contribution in [3.05, 3.63) is 34.9 Å². The summed E-state index contributed by atoms with van der Waals surface area (Å²) in [5, 5.41) is 19.0. The van der Waals surface area contributed by atoms with Gasteiger partial charge in [0.15, 0.2) is 5.96 Å². The van der Waals surface area contributed by atoms with E-state index < -0.39 is 0 Å². The van der Waals surface area contributed by atoms with E-state index in [1.807, 2.05) is 6.92 Å². The van der Waals surface area contributed by atoms with Crippen LogP contribution in [0.2, 0.25) is 5.02 Å². The van der Waals surface area contributed by atoms with Gasteiger partial charge in [0.25, 0.3) is 5.91 Å². The summed E-state index contributed by atoms with van der Waals surface area (Å²) in [5.74, 6) is 0.994. The average molecular weight is 383 g/mol. The van der Waals surface area contributed by atoms with Crippen molar-refractivity contribution in [2.45, 2.75) is 33.1 Å². The fourth-order valence-corrected chi connectivity index (χ4v) is 2.67. The van der Waals surface area contributed by atoms with Gasteiger partial charge in [0.05, 0.1) is 0 Å². The Morgan fingerprint density at radius 1 is 1.12 bits per heavy atom. The molecule has 0 saturated heterocycles. The highest BCUT2D eigenvalue weighted by Crippen LogP contribution is 2.11. The minimum atomic E-state index is -0.128. The largest absolute Gasteiger partial charge is 0.396 e. The maximum Gasteiger partial charge on any atom is 0.251 e. The molecular weight excluding hydrogens is 352 g/mol. The highest BCUT2D eigenvalue weighted by atomic mass is 35.5. The van der Waals surface area contributed by atoms with Gasteiger partial charge in [0.1, 0.15) is 0 Å². The number of amides is 1. The van der Waals surface area contributed by atoms with Gasteiger partial charge in [-0.3, -0.25) is 9.79 Å². The number of nitrogens with zero attached hydrogens (tertiary/aromatic N) is 1. The van der Waals surface area contributed by atoms with Crippen LogP contribution in [0.1, 0.15) is 43.5 Å². The van der Waals surface area contributed by atoms with Gasteiger partial charge < -0.3 is 21.1 Å². The van der Waals surface area contributed by atoms with Crippen LogP contribution in [-0.4, -0.2) is 49.8 Å². The van der Waals surface area contributed by atoms with Crippen molar-refractivity contribution in [2.24, 2.45) is 10.9 Å². The number of carbonyl (C=O) groups excluding carboxylic acids is 1. The Hall–Kier alpha value is -1.79. The van der Waals surface area contributed by atoms with E-state index in [-0.39, 0.29) is 12.5 Å². The summed E-state index contributed by atoms with van der Waals surface area (Å²) in [4.78, 5) is 16.6. The van der Waals surface area contributed by atoms with Crippen LogP contribution in [0.4, 0.5) is 0 Å². The first-order valence-corrected chi connectivity index (χ1v) is 9.65. The van der Waals surface area contributed by atoms with Crippen molar-refractivity contribution in [1.82, 2.24) is 16.0 Å². The Morgan fingerprint density at radius 3 is 2.42 bits per heavy atom. The van der Waals surface area contributed by atoms with E-state index in [4.69, 9.17) is 16.7 Å². The third-order valence-electron chi connectivity index (χ3n) is 3.90. The van der Waals surface area contributed by atoms with Crippen LogP contribution in [-0.2, 0) is 0 Å². The van der Waals surface area contributed by atoms with E-state index in [2.05, 4.69) is 27.9 Å². The van der Waals surface area contributed by atoms with Crippen LogP contribution >= 0.6 is 11.6 Å². The number of hydrogen-bond donors (Lipinski definition) is 4. The molecule has 1 amide bonds. The second kappa shape index (κ2) is 13.4. The Kier molecular flexibility index (Phi) is 11.5. The molecular formula is C19H31ClN4O2. The lowest BCUT2D eigenvalue weighted by Crippen LogP contribution is -2.41. The van der Waals surface area contributed by atoms with Crippen molar-refractivity contribution in [3.8, 4) is 0 Å². The normalized spacial score (nSPS) is 12.5. The number of hydrogen-bond acceptors (Lipinski definition) is 3. The smallest absolute Gasteiger partial charge is 0.251 e. The molecule has 7 heteroatoms. The van der Waals surface area contributed by atoms with Gasteiger partial charge in [-0.05, 0) is 49.9 Å². The van der Waals surface area contributed by atoms with Gasteiger partial charge >= 0.3 is 0 Å². The standard InChI is InChI=1S/C19H31ClN4O2/c1-3-5-15(10-13-25)14-24-19(21-4-2)23-12-11-22-18(26)16-6-8-17(20)9-7-16/h6-9,15,25H,3-5,10-14H2,1-2H3,(H,22,26)(H2,21,23,24). The van der Waals surface area contributed by atoms with Crippen LogP contribution < -0.4 is 16.0 Å². The molecule has 0 radical (unpaired) electrons. The fraction of sp³-hybridized carbons (Fsp3) is 0.579. The lowest BCUT2D eigenvalue weighted by atomic mass is 10.0. The van der Waals surface area contributed by atoms with Gasteiger partial charge in [-0.15, -0.1) is 0 Å². The number of carbonyl (C=O) groups is 1. The number of halogens is 1. The summed E-state index contributed by atoms with van der Waals surface area (Å²) in [6.45, 7) is 6.85. The Labute approximate surface area is 161 Å². The Balaban J connectivity index is 2.41. The van der Waals surface area contributed by atoms with Crippen LogP contribution in [0.25, 0.3) is 0 Å². The quantitative estimate of drug-likeness (QED) is 0.269. The number of aliphatic hydroxyl groups excluding tert-OH is 1. The molecule has 0 aliphatic heterocycles. The third-order valence-corrected chi connectivity index (χ3v) is 4.15. The summed E-state index contributed by atoms with van der Waals surface area (Å²) in [5.41, 5.74) is 0.585. The minimum absolute atomic E-state index is 0.128. The maximum absolute atomic E-state index is 12.0. The molecule has 6 nitrogen and oxygen atoms in total. The van der Waals surface area contributed by atoms with E-state index in [9.17, 15) is 4.79 Å². The number of nitrogens with one attached hydrogen (secondary N) is 3. The van der Waals surface area contributed by atoms with E-state index in [1.54, 1.807) is 24.3 Å². The van der Waals surface area contributed by atoms with Crippen molar-refractivity contribution in [2.75, 3.05) is 32.8 Å². The third kappa shape index (κ3) is 9.06. The summed E-state index contributed by atoms with van der Waals surface area (Å²) < 4.78 is 0. The van der Waals surface area contributed by atoms with Gasteiger partial charge in [0, 0.05) is 43.4 Å². The number of benzene rings is 1. The first kappa shape index (κ1) is 22.3. The highest BCUT2D eigenvalue weighted by molar-refractivity contribution is 6.30. The number of guanidine groups is 1. The summed E-state index contributed by atoms with van der Waals surface area (Å²) >= 11 is 5.82. The molecule has 0 aromatic heterocycles. The van der Waals surface area contributed by atoms with Crippen molar-refractivity contribution >= 4 is 23.5 Å². The summed E-state index contributed by atoms with van der Waals surface area (Å²) in [7, 11) is 0. The molecule has 146 valence electrons. The first-order chi connectivity index (χ1) is 12.6. The van der Waals surface area contributed by atoms with E-state index in [0.717, 1.165) is 31.8 Å². The monoisotopic (exact) mass is 382 g/mol. The Bertz CT molecular complexity index is 543. The van der Waals surface area contributed by atoms with Gasteiger partial charge in [-0.1, -0.05) is 24.9 Å². The van der Waals surface area contributed by atoms with E-state index in [1.165, 1.54) is 0 Å². The molecule has 1 aromatic carbocycles. The van der Waals surface area contributed by atoms with Crippen molar-refractivity contribution < 1.29 is 9.90 Å². The molecule has 0 aliphatic carbocycles. The van der Waals surface area contributed by atoms with Crippen LogP contribution in [0.5, 0.6) is 0 Å². The summed E-state index contributed by atoms with van der Waals surface area (Å²) in [6.07, 6.45) is 2.91. The van der Waals surface area contributed by atoms with Crippen LogP contribution in [0.15, 0.2) is 29.3 Å². The lowest BCUT2D eigenvalue weighted by Gasteiger charge is -2.15. The van der Waals surface area contributed by atoms with Gasteiger partial charge in [-0.25, -0.2) is 0 Å². The molecule has 0 heterocycles. The van der Waals surface area contributed by atoms with Crippen molar-refractivity contribution in [1.29, 1.82) is 0 Å². The molecule has 26 heavy (non-hydrogen) atoms. The fourth-order valence-electron chi connectivity index (χ4n) is 2.54. The van der Waals surface area contributed by atoms with E-state index in [0.29, 0.717) is 36.1 Å². The molecule has 0 saturated carbocycles. The predicted octanol–water partition coefficient (Wildman–Crippen LogP) is 2.42. The molecule has 0 aliphatic rings. The highest BCUT2D eigenvalue weighted by Gasteiger charge is 2.08. The zero-order valence-electron chi connectivity index (χ0n) is 15.7. The molecule has 1 aromatic rings. The first-order valence-electron chi connectivity index (χ1n) is 9.27. The molecule has 0 bridgehead atoms. The number of aliphatic imine (C=N–C) groups is 1. The lowest BCUT2D eigenvalue weighted by molar-refractivity contribution is 0.0954. The minimum Gasteiger partial charge on any atom is -0.396 e. The zero-order chi connectivity index (χ0) is 19.2. The molecule has 4 N–H and O–H groups in total. The zero-order valence-corrected chi connectivity index (χ0v) is 16.5. The Morgan fingerprint density at radius 2 is 1.81 bits per heavy atom.